The van der Waals surface area contributed by atoms with Crippen molar-refractivity contribution in [1.82, 2.24) is 10.1 Å². The van der Waals surface area contributed by atoms with Crippen LogP contribution in [0, 0.1) is 0 Å². The summed E-state index contributed by atoms with van der Waals surface area (Å²) in [6.45, 7) is 2.14. The second-order valence-corrected chi connectivity index (χ2v) is 6.07. The van der Waals surface area contributed by atoms with Crippen LogP contribution in [-0.4, -0.2) is 10.1 Å². The Morgan fingerprint density at radius 1 is 1.39 bits per heavy atom. The van der Waals surface area contributed by atoms with E-state index in [0.29, 0.717) is 11.7 Å². The first kappa shape index (κ1) is 11.9. The topological polar surface area (TPSA) is 64.9 Å². The molecule has 0 aromatic carbocycles. The molecule has 2 heterocycles. The smallest absolute Gasteiger partial charge is 0.268 e. The van der Waals surface area contributed by atoms with Crippen molar-refractivity contribution in [1.29, 1.82) is 0 Å². The maximum Gasteiger partial charge on any atom is 0.268 e. The molecule has 0 radical (unpaired) electrons. The molecule has 1 saturated carbocycles. The van der Waals surface area contributed by atoms with Gasteiger partial charge in [-0.2, -0.15) is 4.98 Å². The molecular weight excluding hydrogens is 246 g/mol. The molecule has 1 fully saturated rings. The van der Waals surface area contributed by atoms with Crippen molar-refractivity contribution >= 4 is 11.3 Å². The number of nitrogens with two attached hydrogens (primary N) is 1. The SMILES string of the molecule is CCc1ccc(-c2nc(C3(N)CCCC3)no2)s1. The Balaban J connectivity index is 1.89. The minimum Gasteiger partial charge on any atom is -0.333 e. The second-order valence-electron chi connectivity index (χ2n) is 4.91. The lowest BCUT2D eigenvalue weighted by atomic mass is 9.99. The van der Waals surface area contributed by atoms with Gasteiger partial charge in [0.2, 0.25) is 0 Å². The lowest BCUT2D eigenvalue weighted by Crippen LogP contribution is -2.34. The summed E-state index contributed by atoms with van der Waals surface area (Å²) < 4.78 is 5.36. The number of hydrogen-bond donors (Lipinski definition) is 1. The molecule has 2 N–H and O–H groups in total. The van der Waals surface area contributed by atoms with Crippen molar-refractivity contribution in [3.05, 3.63) is 22.8 Å². The van der Waals surface area contributed by atoms with Crippen molar-refractivity contribution in [3.8, 4) is 10.8 Å². The molecule has 0 unspecified atom stereocenters. The van der Waals surface area contributed by atoms with E-state index in [-0.39, 0.29) is 5.54 Å². The van der Waals surface area contributed by atoms with E-state index in [9.17, 15) is 0 Å². The van der Waals surface area contributed by atoms with Gasteiger partial charge in [-0.15, -0.1) is 11.3 Å². The maximum atomic E-state index is 6.32. The third-order valence-electron chi connectivity index (χ3n) is 3.59. The summed E-state index contributed by atoms with van der Waals surface area (Å²) in [6.07, 6.45) is 5.25. The third kappa shape index (κ3) is 1.97. The first-order valence-corrected chi connectivity index (χ1v) is 7.25. The van der Waals surface area contributed by atoms with Crippen LogP contribution in [0.4, 0.5) is 0 Å². The van der Waals surface area contributed by atoms with Gasteiger partial charge in [-0.05, 0) is 31.4 Å². The van der Waals surface area contributed by atoms with Gasteiger partial charge in [-0.25, -0.2) is 0 Å². The minimum absolute atomic E-state index is 0.368. The zero-order valence-corrected chi connectivity index (χ0v) is 11.3. The van der Waals surface area contributed by atoms with E-state index in [0.717, 1.165) is 37.0 Å². The fourth-order valence-corrected chi connectivity index (χ4v) is 3.31. The summed E-state index contributed by atoms with van der Waals surface area (Å²) in [5, 5.41) is 4.08. The van der Waals surface area contributed by atoms with Crippen molar-refractivity contribution in [2.45, 2.75) is 44.6 Å². The molecule has 2 aromatic heterocycles. The van der Waals surface area contributed by atoms with Crippen LogP contribution in [0.3, 0.4) is 0 Å². The zero-order valence-electron chi connectivity index (χ0n) is 10.5. The Hall–Kier alpha value is -1.20. The number of aryl methyl sites for hydroxylation is 1. The largest absolute Gasteiger partial charge is 0.333 e. The fraction of sp³-hybridized carbons (Fsp3) is 0.538. The average molecular weight is 263 g/mol. The summed E-state index contributed by atoms with van der Waals surface area (Å²) in [5.41, 5.74) is 5.95. The third-order valence-corrected chi connectivity index (χ3v) is 4.81. The molecule has 3 rings (SSSR count). The molecule has 1 aliphatic carbocycles. The van der Waals surface area contributed by atoms with E-state index in [2.05, 4.69) is 23.1 Å². The molecule has 4 nitrogen and oxygen atoms in total. The summed E-state index contributed by atoms with van der Waals surface area (Å²) >= 11 is 1.70. The quantitative estimate of drug-likeness (QED) is 0.924. The van der Waals surface area contributed by atoms with E-state index in [1.807, 2.05) is 6.07 Å². The maximum absolute atomic E-state index is 6.32. The lowest BCUT2D eigenvalue weighted by molar-refractivity contribution is 0.373. The van der Waals surface area contributed by atoms with E-state index >= 15 is 0 Å². The van der Waals surface area contributed by atoms with Crippen LogP contribution in [0.2, 0.25) is 0 Å². The van der Waals surface area contributed by atoms with Gasteiger partial charge in [0.15, 0.2) is 5.82 Å². The highest BCUT2D eigenvalue weighted by atomic mass is 32.1. The van der Waals surface area contributed by atoms with E-state index in [4.69, 9.17) is 10.3 Å². The van der Waals surface area contributed by atoms with Gasteiger partial charge in [0, 0.05) is 4.88 Å². The predicted molar refractivity (Wildman–Crippen MR) is 71.3 cm³/mol. The Bertz CT molecular complexity index is 540. The molecular formula is C13H17N3OS. The summed E-state index contributed by atoms with van der Waals surface area (Å²) in [6, 6.07) is 4.15. The van der Waals surface area contributed by atoms with Crippen LogP contribution in [0.1, 0.15) is 43.3 Å². The Morgan fingerprint density at radius 2 is 2.17 bits per heavy atom. The predicted octanol–water partition coefficient (Wildman–Crippen LogP) is 3.09. The van der Waals surface area contributed by atoms with Gasteiger partial charge >= 0.3 is 0 Å². The highest BCUT2D eigenvalue weighted by Gasteiger charge is 2.36. The van der Waals surface area contributed by atoms with Gasteiger partial charge in [0.25, 0.3) is 5.89 Å². The number of aromatic nitrogens is 2. The average Bonchev–Trinajstić information content (AvgIpc) is 3.08. The van der Waals surface area contributed by atoms with Gasteiger partial charge in [0.05, 0.1) is 10.4 Å². The van der Waals surface area contributed by atoms with E-state index in [1.165, 1.54) is 4.88 Å². The molecule has 0 amide bonds. The molecule has 1 aliphatic rings. The van der Waals surface area contributed by atoms with Crippen LogP contribution in [0.25, 0.3) is 10.8 Å². The van der Waals surface area contributed by atoms with Gasteiger partial charge in [-0.3, -0.25) is 0 Å². The Morgan fingerprint density at radius 3 is 2.83 bits per heavy atom. The van der Waals surface area contributed by atoms with E-state index < -0.39 is 0 Å². The van der Waals surface area contributed by atoms with Crippen molar-refractivity contribution in [3.63, 3.8) is 0 Å². The first-order valence-electron chi connectivity index (χ1n) is 6.43. The molecule has 0 aliphatic heterocycles. The molecule has 0 spiro atoms. The fourth-order valence-electron chi connectivity index (χ4n) is 2.44. The number of rotatable bonds is 3. The lowest BCUT2D eigenvalue weighted by Gasteiger charge is -2.17. The van der Waals surface area contributed by atoms with Crippen LogP contribution in [0.15, 0.2) is 16.7 Å². The molecule has 2 aromatic rings. The number of thiophene rings is 1. The molecule has 0 atom stereocenters. The molecule has 18 heavy (non-hydrogen) atoms. The van der Waals surface area contributed by atoms with Crippen molar-refractivity contribution in [2.75, 3.05) is 0 Å². The highest BCUT2D eigenvalue weighted by Crippen LogP contribution is 2.36. The second kappa shape index (κ2) is 4.48. The Labute approximate surface area is 110 Å². The molecule has 0 saturated heterocycles. The van der Waals surface area contributed by atoms with Crippen molar-refractivity contribution in [2.24, 2.45) is 5.73 Å². The summed E-state index contributed by atoms with van der Waals surface area (Å²) in [5.74, 6) is 1.27. The highest BCUT2D eigenvalue weighted by molar-refractivity contribution is 7.15. The summed E-state index contributed by atoms with van der Waals surface area (Å²) in [4.78, 5) is 6.85. The van der Waals surface area contributed by atoms with Crippen molar-refractivity contribution < 1.29 is 4.52 Å². The molecule has 0 bridgehead atoms. The minimum atomic E-state index is -0.368. The van der Waals surface area contributed by atoms with Gasteiger partial charge in [-0.1, -0.05) is 24.9 Å². The van der Waals surface area contributed by atoms with Gasteiger partial charge < -0.3 is 10.3 Å². The summed E-state index contributed by atoms with van der Waals surface area (Å²) in [7, 11) is 0. The monoisotopic (exact) mass is 263 g/mol. The normalized spacial score (nSPS) is 18.3. The van der Waals surface area contributed by atoms with Crippen LogP contribution in [0.5, 0.6) is 0 Å². The number of hydrogen-bond acceptors (Lipinski definition) is 5. The first-order chi connectivity index (χ1) is 8.71. The Kier molecular flexibility index (Phi) is 2.95. The van der Waals surface area contributed by atoms with Crippen LogP contribution >= 0.6 is 11.3 Å². The zero-order chi connectivity index (χ0) is 12.6. The van der Waals surface area contributed by atoms with Gasteiger partial charge in [0.1, 0.15) is 0 Å². The van der Waals surface area contributed by atoms with E-state index in [1.54, 1.807) is 11.3 Å². The number of nitrogens with zero attached hydrogens (tertiary/aromatic N) is 2. The van der Waals surface area contributed by atoms with Crippen LogP contribution < -0.4 is 5.73 Å². The molecule has 5 heteroatoms. The molecule has 96 valence electrons. The standard InChI is InChI=1S/C13H17N3OS/c1-2-9-5-6-10(18-9)11-15-12(16-17-11)13(14)7-3-4-8-13/h5-6H,2-4,7-8,14H2,1H3. The van der Waals surface area contributed by atoms with Crippen LogP contribution in [-0.2, 0) is 12.0 Å².